The third kappa shape index (κ3) is 4.86. The van der Waals surface area contributed by atoms with Crippen LogP contribution in [0.3, 0.4) is 0 Å². The molecular formula is C22H17N11O3. The molecule has 0 saturated heterocycles. The number of carbonyl (C=O) groups is 2. The van der Waals surface area contributed by atoms with Crippen LogP contribution in [0.15, 0.2) is 60.7 Å². The van der Waals surface area contributed by atoms with Crippen LogP contribution in [0.2, 0.25) is 0 Å². The maximum Gasteiger partial charge on any atom is 0.322 e. The Balaban J connectivity index is 1.31. The summed E-state index contributed by atoms with van der Waals surface area (Å²) in [6.45, 7) is 0. The monoisotopic (exact) mass is 483 g/mol. The average molecular weight is 483 g/mol. The van der Waals surface area contributed by atoms with Gasteiger partial charge in [0.1, 0.15) is 0 Å². The topological polar surface area (TPSA) is 189 Å². The van der Waals surface area contributed by atoms with E-state index in [1.165, 1.54) is 7.11 Å². The third-order valence-electron chi connectivity index (χ3n) is 4.73. The third-order valence-corrected chi connectivity index (χ3v) is 4.73. The van der Waals surface area contributed by atoms with Crippen molar-refractivity contribution < 1.29 is 14.3 Å². The number of aromatic nitrogens is 9. The fourth-order valence-corrected chi connectivity index (χ4v) is 3.05. The highest BCUT2D eigenvalue weighted by Crippen LogP contribution is 2.16. The number of ether oxygens (including phenoxy) is 1. The zero-order chi connectivity index (χ0) is 24.9. The van der Waals surface area contributed by atoms with Crippen LogP contribution < -0.4 is 15.4 Å². The minimum Gasteiger partial charge on any atom is -0.467 e. The number of hydrogen-bond donors (Lipinski definition) is 4. The number of aromatic amines is 2. The van der Waals surface area contributed by atoms with E-state index in [4.69, 9.17) is 4.74 Å². The van der Waals surface area contributed by atoms with Gasteiger partial charge in [-0.3, -0.25) is 25.3 Å². The van der Waals surface area contributed by atoms with E-state index in [-0.39, 0.29) is 29.6 Å². The summed E-state index contributed by atoms with van der Waals surface area (Å²) in [6, 6.07) is 18.2. The molecule has 0 bridgehead atoms. The lowest BCUT2D eigenvalue weighted by Gasteiger charge is -2.07. The van der Waals surface area contributed by atoms with E-state index >= 15 is 0 Å². The summed E-state index contributed by atoms with van der Waals surface area (Å²) in [5.41, 5.74) is 1.50. The van der Waals surface area contributed by atoms with E-state index in [0.717, 1.165) is 11.1 Å². The van der Waals surface area contributed by atoms with Crippen LogP contribution in [0.4, 0.5) is 11.9 Å². The average Bonchev–Trinajstić information content (AvgIpc) is 3.60. The molecule has 14 heteroatoms. The summed E-state index contributed by atoms with van der Waals surface area (Å²) in [4.78, 5) is 44.3. The fraction of sp³-hybridized carbons (Fsp3) is 0.0455. The van der Waals surface area contributed by atoms with Crippen molar-refractivity contribution in [1.29, 1.82) is 0 Å². The minimum atomic E-state index is -0.655. The molecular weight excluding hydrogens is 466 g/mol. The molecule has 3 heterocycles. The second-order valence-electron chi connectivity index (χ2n) is 7.14. The molecule has 2 amide bonds. The molecule has 2 aromatic carbocycles. The first-order valence-corrected chi connectivity index (χ1v) is 10.5. The molecule has 3 aromatic heterocycles. The van der Waals surface area contributed by atoms with E-state index in [1.54, 1.807) is 0 Å². The number of anilines is 2. The maximum atomic E-state index is 12.7. The zero-order valence-electron chi connectivity index (χ0n) is 18.6. The normalized spacial score (nSPS) is 10.6. The van der Waals surface area contributed by atoms with Crippen LogP contribution in [0.5, 0.6) is 6.01 Å². The molecule has 0 atom stereocenters. The number of H-pyrrole nitrogens is 2. The predicted molar refractivity (Wildman–Crippen MR) is 126 cm³/mol. The molecule has 0 aliphatic heterocycles. The van der Waals surface area contributed by atoms with Gasteiger partial charge in [-0.05, 0) is 0 Å². The van der Waals surface area contributed by atoms with Crippen molar-refractivity contribution in [2.75, 3.05) is 17.7 Å². The Hall–Kier alpha value is -5.53. The van der Waals surface area contributed by atoms with Gasteiger partial charge in [-0.1, -0.05) is 60.7 Å². The molecule has 178 valence electrons. The van der Waals surface area contributed by atoms with Crippen LogP contribution in [-0.4, -0.2) is 64.2 Å². The number of methoxy groups -OCH3 is 1. The van der Waals surface area contributed by atoms with Crippen LogP contribution >= 0.6 is 0 Å². The second-order valence-corrected chi connectivity index (χ2v) is 7.14. The first kappa shape index (κ1) is 22.3. The lowest BCUT2D eigenvalue weighted by atomic mass is 10.2. The number of nitrogens with one attached hydrogen (secondary N) is 4. The van der Waals surface area contributed by atoms with Gasteiger partial charge in [0.15, 0.2) is 11.6 Å². The SMILES string of the molecule is COc1nc(NC(=O)c2nc(-c3ccccc3)n[nH]2)nc(NC(=O)c2nnc(-c3ccccc3)[nH]2)n1. The largest absolute Gasteiger partial charge is 0.467 e. The standard InChI is InChI=1S/C22H17N11O3/c1-36-22-28-20(25-18(34)16-23-14(30-32-16)12-8-4-2-5-9-12)27-21(29-22)26-19(35)17-24-15(31-33-17)13-10-6-3-7-11-13/h2-11H,1H3,(H,23,30,32)(H,24,31,33)(H2,25,26,27,28,29,34,35). The summed E-state index contributed by atoms with van der Waals surface area (Å²) in [6.07, 6.45) is 0. The number of rotatable bonds is 7. The van der Waals surface area contributed by atoms with Gasteiger partial charge in [0.2, 0.25) is 23.5 Å². The van der Waals surface area contributed by atoms with Gasteiger partial charge < -0.3 is 9.72 Å². The van der Waals surface area contributed by atoms with Crippen molar-refractivity contribution in [3.8, 4) is 28.8 Å². The minimum absolute atomic E-state index is 0.0612. The highest BCUT2D eigenvalue weighted by atomic mass is 16.5. The number of nitrogens with zero attached hydrogens (tertiary/aromatic N) is 7. The molecule has 0 radical (unpaired) electrons. The number of hydrogen-bond acceptors (Lipinski definition) is 10. The molecule has 0 spiro atoms. The Labute approximate surface area is 202 Å². The van der Waals surface area contributed by atoms with E-state index in [2.05, 4.69) is 55.9 Å². The van der Waals surface area contributed by atoms with E-state index in [9.17, 15) is 9.59 Å². The number of carbonyl (C=O) groups excluding carboxylic acids is 2. The van der Waals surface area contributed by atoms with Crippen LogP contribution in [-0.2, 0) is 0 Å². The molecule has 0 aliphatic rings. The van der Waals surface area contributed by atoms with Crippen LogP contribution in [0, 0.1) is 0 Å². The van der Waals surface area contributed by atoms with Gasteiger partial charge in [-0.2, -0.15) is 20.1 Å². The van der Waals surface area contributed by atoms with Crippen molar-refractivity contribution in [3.63, 3.8) is 0 Å². The Kier molecular flexibility index (Phi) is 6.04. The van der Waals surface area contributed by atoms with Gasteiger partial charge in [0.25, 0.3) is 11.8 Å². The Morgan fingerprint density at radius 1 is 0.750 bits per heavy atom. The predicted octanol–water partition coefficient (Wildman–Crippen LogP) is 1.95. The smallest absolute Gasteiger partial charge is 0.322 e. The summed E-state index contributed by atoms with van der Waals surface area (Å²) in [5.74, 6) is -1.02. The van der Waals surface area contributed by atoms with Crippen molar-refractivity contribution >= 4 is 23.7 Å². The fourth-order valence-electron chi connectivity index (χ4n) is 3.05. The van der Waals surface area contributed by atoms with Crippen LogP contribution in [0.25, 0.3) is 22.8 Å². The molecule has 0 fully saturated rings. The summed E-state index contributed by atoms with van der Waals surface area (Å²) < 4.78 is 5.06. The number of benzene rings is 2. The van der Waals surface area contributed by atoms with Crippen molar-refractivity contribution in [2.24, 2.45) is 0 Å². The molecule has 5 aromatic rings. The summed E-state index contributed by atoms with van der Waals surface area (Å²) in [5, 5.41) is 19.4. The second kappa shape index (κ2) is 9.76. The Morgan fingerprint density at radius 3 is 2.00 bits per heavy atom. The summed E-state index contributed by atoms with van der Waals surface area (Å²) >= 11 is 0. The molecule has 4 N–H and O–H groups in total. The van der Waals surface area contributed by atoms with Gasteiger partial charge in [0, 0.05) is 11.1 Å². The highest BCUT2D eigenvalue weighted by molar-refractivity contribution is 6.02. The Bertz CT molecular complexity index is 1410. The van der Waals surface area contributed by atoms with Gasteiger partial charge in [-0.25, -0.2) is 4.98 Å². The molecule has 5 rings (SSSR count). The van der Waals surface area contributed by atoms with E-state index in [0.29, 0.717) is 11.6 Å². The zero-order valence-corrected chi connectivity index (χ0v) is 18.6. The quantitative estimate of drug-likeness (QED) is 0.266. The molecule has 0 aliphatic carbocycles. The molecule has 14 nitrogen and oxygen atoms in total. The van der Waals surface area contributed by atoms with E-state index in [1.807, 2.05) is 60.7 Å². The molecule has 0 saturated carbocycles. The van der Waals surface area contributed by atoms with Gasteiger partial charge in [-0.15, -0.1) is 10.2 Å². The maximum absolute atomic E-state index is 12.7. The number of amides is 2. The van der Waals surface area contributed by atoms with Gasteiger partial charge in [0.05, 0.1) is 7.11 Å². The van der Waals surface area contributed by atoms with Gasteiger partial charge >= 0.3 is 6.01 Å². The van der Waals surface area contributed by atoms with Crippen LogP contribution in [0.1, 0.15) is 21.2 Å². The molecule has 0 unspecified atom stereocenters. The van der Waals surface area contributed by atoms with Crippen molar-refractivity contribution in [2.45, 2.75) is 0 Å². The highest BCUT2D eigenvalue weighted by Gasteiger charge is 2.19. The van der Waals surface area contributed by atoms with Crippen molar-refractivity contribution in [1.82, 2.24) is 45.3 Å². The molecule has 36 heavy (non-hydrogen) atoms. The van der Waals surface area contributed by atoms with Crippen molar-refractivity contribution in [3.05, 3.63) is 72.3 Å². The first-order valence-electron chi connectivity index (χ1n) is 10.5. The Morgan fingerprint density at radius 2 is 1.36 bits per heavy atom. The summed E-state index contributed by atoms with van der Waals surface area (Å²) in [7, 11) is 1.33. The van der Waals surface area contributed by atoms with E-state index < -0.39 is 11.8 Å². The first-order chi connectivity index (χ1) is 17.6. The lowest BCUT2D eigenvalue weighted by molar-refractivity contribution is 0.101. The lowest BCUT2D eigenvalue weighted by Crippen LogP contribution is -2.20.